The monoisotopic (exact) mass is 253 g/mol. The third-order valence-electron chi connectivity index (χ3n) is 3.11. The molecule has 3 rings (SSSR count). The minimum absolute atomic E-state index is 0.298. The predicted octanol–water partition coefficient (Wildman–Crippen LogP) is 3.04. The third-order valence-corrected chi connectivity index (χ3v) is 5.55. The number of carbonyl (C=O) groups excluding carboxylic acids is 1. The Morgan fingerprint density at radius 2 is 2.25 bits per heavy atom. The van der Waals surface area contributed by atoms with Gasteiger partial charge in [-0.15, -0.1) is 23.1 Å². The van der Waals surface area contributed by atoms with Crippen LogP contribution in [0.4, 0.5) is 0 Å². The first-order chi connectivity index (χ1) is 7.75. The van der Waals surface area contributed by atoms with Gasteiger partial charge < -0.3 is 4.90 Å². The highest BCUT2D eigenvalue weighted by Crippen LogP contribution is 2.43. The van der Waals surface area contributed by atoms with Crippen molar-refractivity contribution in [3.05, 3.63) is 21.9 Å². The van der Waals surface area contributed by atoms with E-state index in [-0.39, 0.29) is 0 Å². The molecule has 2 nitrogen and oxygen atoms in total. The molecule has 2 heterocycles. The minimum Gasteiger partial charge on any atom is -0.325 e. The van der Waals surface area contributed by atoms with E-state index in [1.54, 1.807) is 0 Å². The summed E-state index contributed by atoms with van der Waals surface area (Å²) in [6.07, 6.45) is 2.21. The van der Waals surface area contributed by atoms with Crippen LogP contribution in [0.2, 0.25) is 0 Å². The quantitative estimate of drug-likeness (QED) is 0.807. The molecule has 1 amide bonds. The fourth-order valence-corrected chi connectivity index (χ4v) is 4.46. The second kappa shape index (κ2) is 4.08. The molecule has 1 atom stereocenters. The second-order valence-corrected chi connectivity index (χ2v) is 6.99. The van der Waals surface area contributed by atoms with Gasteiger partial charge in [0.1, 0.15) is 5.37 Å². The van der Waals surface area contributed by atoms with Gasteiger partial charge in [0.15, 0.2) is 0 Å². The first-order valence-corrected chi connectivity index (χ1v) is 7.60. The Morgan fingerprint density at radius 1 is 1.44 bits per heavy atom. The summed E-state index contributed by atoms with van der Waals surface area (Å²) in [6.45, 7) is 3.06. The van der Waals surface area contributed by atoms with Crippen LogP contribution in [0, 0.1) is 12.8 Å². The van der Waals surface area contributed by atoms with Crippen LogP contribution < -0.4 is 0 Å². The molecule has 16 heavy (non-hydrogen) atoms. The summed E-state index contributed by atoms with van der Waals surface area (Å²) in [5.41, 5.74) is 0. The number of amides is 1. The normalized spacial score (nSPS) is 25.1. The Labute approximate surface area is 104 Å². The summed E-state index contributed by atoms with van der Waals surface area (Å²) in [5, 5.41) is 0.298. The Bertz CT molecular complexity index is 411. The van der Waals surface area contributed by atoms with E-state index in [1.165, 1.54) is 9.75 Å². The SMILES string of the molecule is Cc1ccc(C2SCCN2C(=O)C2CC2)s1. The fourth-order valence-electron chi connectivity index (χ4n) is 2.08. The van der Waals surface area contributed by atoms with E-state index in [4.69, 9.17) is 0 Å². The molecule has 1 aliphatic carbocycles. The first kappa shape index (κ1) is 10.7. The van der Waals surface area contributed by atoms with Gasteiger partial charge in [-0.2, -0.15) is 0 Å². The largest absolute Gasteiger partial charge is 0.325 e. The van der Waals surface area contributed by atoms with Crippen molar-refractivity contribution in [3.63, 3.8) is 0 Å². The molecule has 4 heteroatoms. The van der Waals surface area contributed by atoms with Crippen molar-refractivity contribution in [1.82, 2.24) is 4.90 Å². The van der Waals surface area contributed by atoms with Gasteiger partial charge in [-0.1, -0.05) is 0 Å². The zero-order chi connectivity index (χ0) is 11.1. The van der Waals surface area contributed by atoms with E-state index in [1.807, 2.05) is 23.1 Å². The maximum Gasteiger partial charge on any atom is 0.226 e. The summed E-state index contributed by atoms with van der Waals surface area (Å²) in [5.74, 6) is 1.82. The maximum absolute atomic E-state index is 12.1. The molecule has 1 unspecified atom stereocenters. The molecule has 2 aliphatic rings. The minimum atomic E-state index is 0.298. The smallest absolute Gasteiger partial charge is 0.226 e. The molecule has 1 aromatic rings. The number of hydrogen-bond acceptors (Lipinski definition) is 3. The van der Waals surface area contributed by atoms with Crippen molar-refractivity contribution in [2.75, 3.05) is 12.3 Å². The van der Waals surface area contributed by atoms with Crippen LogP contribution in [-0.2, 0) is 4.79 Å². The highest BCUT2D eigenvalue weighted by molar-refractivity contribution is 7.99. The van der Waals surface area contributed by atoms with Gasteiger partial charge >= 0.3 is 0 Å². The lowest BCUT2D eigenvalue weighted by Gasteiger charge is -2.22. The van der Waals surface area contributed by atoms with E-state index in [2.05, 4.69) is 24.0 Å². The van der Waals surface area contributed by atoms with Gasteiger partial charge in [-0.25, -0.2) is 0 Å². The molecule has 1 aromatic heterocycles. The van der Waals surface area contributed by atoms with Crippen molar-refractivity contribution in [2.24, 2.45) is 5.92 Å². The molecule has 1 saturated carbocycles. The molecular weight excluding hydrogens is 238 g/mol. The molecule has 0 spiro atoms. The zero-order valence-electron chi connectivity index (χ0n) is 9.31. The van der Waals surface area contributed by atoms with Gasteiger partial charge in [0, 0.05) is 28.0 Å². The number of rotatable bonds is 2. The lowest BCUT2D eigenvalue weighted by atomic mass is 10.3. The van der Waals surface area contributed by atoms with Crippen molar-refractivity contribution in [2.45, 2.75) is 25.1 Å². The van der Waals surface area contributed by atoms with Gasteiger partial charge in [-0.05, 0) is 31.9 Å². The van der Waals surface area contributed by atoms with Crippen LogP contribution in [0.25, 0.3) is 0 Å². The summed E-state index contributed by atoms with van der Waals surface area (Å²) in [7, 11) is 0. The standard InChI is InChI=1S/C12H15NOS2/c1-8-2-5-10(16-8)12-13(6-7-15-12)11(14)9-3-4-9/h2,5,9,12H,3-4,6-7H2,1H3. The van der Waals surface area contributed by atoms with Crippen molar-refractivity contribution < 1.29 is 4.79 Å². The number of nitrogens with zero attached hydrogens (tertiary/aromatic N) is 1. The van der Waals surface area contributed by atoms with E-state index < -0.39 is 0 Å². The molecule has 0 radical (unpaired) electrons. The molecular formula is C12H15NOS2. The average molecular weight is 253 g/mol. The molecule has 86 valence electrons. The number of thioether (sulfide) groups is 1. The van der Waals surface area contributed by atoms with Gasteiger partial charge in [-0.3, -0.25) is 4.79 Å². The Hall–Kier alpha value is -0.480. The van der Waals surface area contributed by atoms with Crippen LogP contribution in [0.15, 0.2) is 12.1 Å². The summed E-state index contributed by atoms with van der Waals surface area (Å²) in [4.78, 5) is 16.9. The topological polar surface area (TPSA) is 20.3 Å². The zero-order valence-corrected chi connectivity index (χ0v) is 10.9. The summed E-state index contributed by atoms with van der Waals surface area (Å²) >= 11 is 3.73. The predicted molar refractivity (Wildman–Crippen MR) is 68.7 cm³/mol. The number of carbonyl (C=O) groups is 1. The highest BCUT2D eigenvalue weighted by atomic mass is 32.2. The van der Waals surface area contributed by atoms with Crippen LogP contribution in [0.1, 0.15) is 28.0 Å². The molecule has 2 fully saturated rings. The van der Waals surface area contributed by atoms with Crippen LogP contribution in [0.5, 0.6) is 0 Å². The van der Waals surface area contributed by atoms with E-state index in [0.717, 1.165) is 25.1 Å². The summed E-state index contributed by atoms with van der Waals surface area (Å²) in [6, 6.07) is 4.33. The lowest BCUT2D eigenvalue weighted by molar-refractivity contribution is -0.132. The molecule has 0 bridgehead atoms. The van der Waals surface area contributed by atoms with Crippen LogP contribution in [-0.4, -0.2) is 23.1 Å². The van der Waals surface area contributed by atoms with Crippen molar-refractivity contribution >= 4 is 29.0 Å². The van der Waals surface area contributed by atoms with Crippen molar-refractivity contribution in [1.29, 1.82) is 0 Å². The highest BCUT2D eigenvalue weighted by Gasteiger charge is 2.39. The van der Waals surface area contributed by atoms with Crippen LogP contribution in [0.3, 0.4) is 0 Å². The number of hydrogen-bond donors (Lipinski definition) is 0. The molecule has 1 saturated heterocycles. The fraction of sp³-hybridized carbons (Fsp3) is 0.583. The average Bonchev–Trinajstić information content (AvgIpc) is 2.84. The van der Waals surface area contributed by atoms with Gasteiger partial charge in [0.2, 0.25) is 5.91 Å². The first-order valence-electron chi connectivity index (χ1n) is 5.74. The van der Waals surface area contributed by atoms with E-state index >= 15 is 0 Å². The Morgan fingerprint density at radius 3 is 2.88 bits per heavy atom. The summed E-state index contributed by atoms with van der Waals surface area (Å²) < 4.78 is 0. The van der Waals surface area contributed by atoms with Crippen LogP contribution >= 0.6 is 23.1 Å². The second-order valence-electron chi connectivity index (χ2n) is 4.48. The lowest BCUT2D eigenvalue weighted by Crippen LogP contribution is -2.31. The van der Waals surface area contributed by atoms with Gasteiger partial charge in [0.25, 0.3) is 0 Å². The Kier molecular flexibility index (Phi) is 2.72. The van der Waals surface area contributed by atoms with E-state index in [9.17, 15) is 4.79 Å². The van der Waals surface area contributed by atoms with Gasteiger partial charge in [0.05, 0.1) is 0 Å². The van der Waals surface area contributed by atoms with E-state index in [0.29, 0.717) is 17.2 Å². The molecule has 1 aliphatic heterocycles. The number of thiophene rings is 1. The molecule has 0 N–H and O–H groups in total. The maximum atomic E-state index is 12.1. The van der Waals surface area contributed by atoms with Crippen molar-refractivity contribution in [3.8, 4) is 0 Å². The molecule has 0 aromatic carbocycles. The third kappa shape index (κ3) is 1.89. The Balaban J connectivity index is 1.80. The number of aryl methyl sites for hydroxylation is 1.